The van der Waals surface area contributed by atoms with E-state index in [4.69, 9.17) is 10.7 Å². The van der Waals surface area contributed by atoms with Crippen molar-refractivity contribution in [3.8, 4) is 10.7 Å². The lowest BCUT2D eigenvalue weighted by molar-refractivity contribution is 0.531. The average Bonchev–Trinajstić information content (AvgIpc) is 3.01. The van der Waals surface area contributed by atoms with Crippen LogP contribution in [0.2, 0.25) is 0 Å². The SMILES string of the molecule is CC(C)n1c(-c2cc3ccccc3s2)nnc1S(=O)(=O)Cl. The molecule has 3 aromatic rings. The van der Waals surface area contributed by atoms with Crippen LogP contribution in [0.4, 0.5) is 0 Å². The number of aromatic nitrogens is 3. The van der Waals surface area contributed by atoms with E-state index in [0.717, 1.165) is 15.0 Å². The molecule has 0 aliphatic rings. The van der Waals surface area contributed by atoms with Crippen molar-refractivity contribution in [1.29, 1.82) is 0 Å². The number of halogens is 1. The molecule has 0 bridgehead atoms. The molecule has 0 saturated heterocycles. The van der Waals surface area contributed by atoms with Crippen molar-refractivity contribution >= 4 is 41.2 Å². The molecule has 0 radical (unpaired) electrons. The van der Waals surface area contributed by atoms with E-state index in [2.05, 4.69) is 10.2 Å². The van der Waals surface area contributed by atoms with Gasteiger partial charge in [-0.2, -0.15) is 0 Å². The van der Waals surface area contributed by atoms with E-state index in [0.29, 0.717) is 5.82 Å². The molecule has 1 aromatic carbocycles. The Kier molecular flexibility index (Phi) is 3.51. The fraction of sp³-hybridized carbons (Fsp3) is 0.231. The van der Waals surface area contributed by atoms with Gasteiger partial charge in [0.1, 0.15) is 0 Å². The van der Waals surface area contributed by atoms with Gasteiger partial charge in [-0.05, 0) is 31.4 Å². The Morgan fingerprint density at radius 2 is 1.95 bits per heavy atom. The highest BCUT2D eigenvalue weighted by Gasteiger charge is 2.25. The molecule has 2 aromatic heterocycles. The second-order valence-electron chi connectivity index (χ2n) is 4.86. The summed E-state index contributed by atoms with van der Waals surface area (Å²) in [5.74, 6) is 0.519. The van der Waals surface area contributed by atoms with Crippen LogP contribution in [0, 0.1) is 0 Å². The predicted molar refractivity (Wildman–Crippen MR) is 84.3 cm³/mol. The van der Waals surface area contributed by atoms with Crippen molar-refractivity contribution in [1.82, 2.24) is 14.8 Å². The van der Waals surface area contributed by atoms with Gasteiger partial charge in [0.25, 0.3) is 14.2 Å². The minimum absolute atomic E-state index is 0.122. The fourth-order valence-electron chi connectivity index (χ4n) is 2.17. The summed E-state index contributed by atoms with van der Waals surface area (Å²) in [6, 6.07) is 9.80. The van der Waals surface area contributed by atoms with Crippen LogP contribution >= 0.6 is 22.0 Å². The summed E-state index contributed by atoms with van der Waals surface area (Å²) in [4.78, 5) is 0.865. The van der Waals surface area contributed by atoms with Crippen molar-refractivity contribution in [2.75, 3.05) is 0 Å². The lowest BCUT2D eigenvalue weighted by Crippen LogP contribution is -2.09. The molecule has 21 heavy (non-hydrogen) atoms. The van der Waals surface area contributed by atoms with Gasteiger partial charge < -0.3 is 0 Å². The average molecular weight is 342 g/mol. The molecule has 0 unspecified atom stereocenters. The van der Waals surface area contributed by atoms with Gasteiger partial charge in [-0.3, -0.25) is 4.57 Å². The Labute approximate surface area is 130 Å². The minimum Gasteiger partial charge on any atom is -0.294 e. The standard InChI is InChI=1S/C13H12ClN3O2S2/c1-8(2)17-12(15-16-13(17)21(14,18)19)11-7-9-5-3-4-6-10(9)20-11/h3-8H,1-2H3. The molecule has 0 spiro atoms. The monoisotopic (exact) mass is 341 g/mol. The van der Waals surface area contributed by atoms with E-state index in [1.165, 1.54) is 0 Å². The quantitative estimate of drug-likeness (QED) is 0.682. The van der Waals surface area contributed by atoms with E-state index >= 15 is 0 Å². The highest BCUT2D eigenvalue weighted by molar-refractivity contribution is 8.13. The van der Waals surface area contributed by atoms with Gasteiger partial charge in [0.05, 0.1) is 4.88 Å². The number of thiophene rings is 1. The van der Waals surface area contributed by atoms with Crippen LogP contribution in [0.5, 0.6) is 0 Å². The van der Waals surface area contributed by atoms with Crippen molar-refractivity contribution in [2.45, 2.75) is 25.0 Å². The third-order valence-electron chi connectivity index (χ3n) is 3.04. The molecule has 0 aliphatic carbocycles. The molecular weight excluding hydrogens is 330 g/mol. The van der Waals surface area contributed by atoms with Crippen LogP contribution in [0.3, 0.4) is 0 Å². The summed E-state index contributed by atoms with van der Waals surface area (Å²) in [6.45, 7) is 3.73. The lowest BCUT2D eigenvalue weighted by Gasteiger charge is -2.11. The molecule has 0 N–H and O–H groups in total. The molecule has 3 rings (SSSR count). The Morgan fingerprint density at radius 1 is 1.24 bits per heavy atom. The number of nitrogens with zero attached hydrogens (tertiary/aromatic N) is 3. The lowest BCUT2D eigenvalue weighted by atomic mass is 10.2. The van der Waals surface area contributed by atoms with Crippen LogP contribution < -0.4 is 0 Å². The summed E-state index contributed by atoms with van der Waals surface area (Å²) in [5.41, 5.74) is 0. The summed E-state index contributed by atoms with van der Waals surface area (Å²) >= 11 is 1.54. The molecule has 5 nitrogen and oxygen atoms in total. The molecule has 110 valence electrons. The van der Waals surface area contributed by atoms with Gasteiger partial charge in [0.2, 0.25) is 0 Å². The Bertz CT molecular complexity index is 880. The number of hydrogen-bond donors (Lipinski definition) is 0. The highest BCUT2D eigenvalue weighted by atomic mass is 35.7. The molecule has 2 heterocycles. The van der Waals surface area contributed by atoms with E-state index in [9.17, 15) is 8.42 Å². The predicted octanol–water partition coefficient (Wildman–Crippen LogP) is 3.67. The van der Waals surface area contributed by atoms with Crippen LogP contribution in [-0.4, -0.2) is 23.2 Å². The van der Waals surface area contributed by atoms with Crippen molar-refractivity contribution in [2.24, 2.45) is 0 Å². The number of fused-ring (bicyclic) bond motifs is 1. The first-order valence-corrected chi connectivity index (χ1v) is 9.39. The first kappa shape index (κ1) is 14.5. The molecule has 8 heteroatoms. The molecule has 0 atom stereocenters. The summed E-state index contributed by atoms with van der Waals surface area (Å²) < 4.78 is 25.9. The van der Waals surface area contributed by atoms with E-state index in [1.54, 1.807) is 15.9 Å². The number of rotatable bonds is 3. The van der Waals surface area contributed by atoms with Gasteiger partial charge in [-0.1, -0.05) is 18.2 Å². The molecule has 0 amide bonds. The first-order valence-electron chi connectivity index (χ1n) is 6.26. The smallest absolute Gasteiger partial charge is 0.294 e. The normalized spacial score (nSPS) is 12.4. The van der Waals surface area contributed by atoms with Crippen molar-refractivity contribution < 1.29 is 8.42 Å². The Hall–Kier alpha value is -1.44. The van der Waals surface area contributed by atoms with Gasteiger partial charge in [0.15, 0.2) is 5.82 Å². The van der Waals surface area contributed by atoms with Crippen molar-refractivity contribution in [3.63, 3.8) is 0 Å². The van der Waals surface area contributed by atoms with Crippen LogP contribution in [-0.2, 0) is 9.05 Å². The number of hydrogen-bond acceptors (Lipinski definition) is 5. The summed E-state index contributed by atoms with van der Waals surface area (Å²) in [5, 5.41) is 8.66. The maximum Gasteiger partial charge on any atom is 0.296 e. The van der Waals surface area contributed by atoms with Gasteiger partial charge in [0, 0.05) is 21.4 Å². The second kappa shape index (κ2) is 5.08. The van der Waals surface area contributed by atoms with Gasteiger partial charge in [-0.15, -0.1) is 21.5 Å². The Balaban J connectivity index is 2.25. The second-order valence-corrected chi connectivity index (χ2v) is 8.40. The molecule has 0 aliphatic heterocycles. The maximum atomic E-state index is 11.6. The van der Waals surface area contributed by atoms with E-state index < -0.39 is 9.05 Å². The maximum absolute atomic E-state index is 11.6. The summed E-state index contributed by atoms with van der Waals surface area (Å²) in [6.07, 6.45) is 0. The van der Waals surface area contributed by atoms with Crippen LogP contribution in [0.15, 0.2) is 35.5 Å². The summed E-state index contributed by atoms with van der Waals surface area (Å²) in [7, 11) is 1.51. The van der Waals surface area contributed by atoms with Crippen molar-refractivity contribution in [3.05, 3.63) is 30.3 Å². The Morgan fingerprint density at radius 3 is 2.57 bits per heavy atom. The third-order valence-corrected chi connectivity index (χ3v) is 5.29. The van der Waals surface area contributed by atoms with Crippen LogP contribution in [0.25, 0.3) is 20.8 Å². The zero-order valence-corrected chi connectivity index (χ0v) is 13.7. The molecular formula is C13H12ClN3O2S2. The number of benzene rings is 1. The fourth-order valence-corrected chi connectivity index (χ4v) is 4.20. The zero-order chi connectivity index (χ0) is 15.2. The topological polar surface area (TPSA) is 64.8 Å². The van der Waals surface area contributed by atoms with Crippen LogP contribution in [0.1, 0.15) is 19.9 Å². The first-order chi connectivity index (χ1) is 9.88. The third kappa shape index (κ3) is 2.56. The largest absolute Gasteiger partial charge is 0.296 e. The molecule has 0 saturated carbocycles. The zero-order valence-electron chi connectivity index (χ0n) is 11.3. The molecule has 0 fully saturated rings. The highest BCUT2D eigenvalue weighted by Crippen LogP contribution is 2.34. The van der Waals surface area contributed by atoms with E-state index in [1.807, 2.05) is 44.2 Å². The van der Waals surface area contributed by atoms with Gasteiger partial charge in [-0.25, -0.2) is 8.42 Å². The van der Waals surface area contributed by atoms with E-state index in [-0.39, 0.29) is 11.2 Å². The minimum atomic E-state index is -3.93. The van der Waals surface area contributed by atoms with Gasteiger partial charge >= 0.3 is 0 Å².